The van der Waals surface area contributed by atoms with E-state index in [4.69, 9.17) is 15.2 Å². The largest absolute Gasteiger partial charge is 0.485 e. The summed E-state index contributed by atoms with van der Waals surface area (Å²) < 4.78 is 54.5. The maximum absolute atomic E-state index is 14.9. The first-order chi connectivity index (χ1) is 15.1. The van der Waals surface area contributed by atoms with Crippen molar-refractivity contribution in [3.8, 4) is 5.75 Å². The highest BCUT2D eigenvalue weighted by atomic mass is 19.3. The summed E-state index contributed by atoms with van der Waals surface area (Å²) in [6.07, 6.45) is -3.73. The molecule has 0 saturated carbocycles. The van der Waals surface area contributed by atoms with E-state index in [1.807, 2.05) is 6.07 Å². The SMILES string of the molecule is C=C(C(=O)COc1ccccc1)c1ccc(F)c(C2(C(F)F)CC(C)C(C)OC(N)=N2)c1. The Bertz CT molecular complexity index is 1030. The van der Waals surface area contributed by atoms with Crippen LogP contribution in [0.15, 0.2) is 60.1 Å². The van der Waals surface area contributed by atoms with E-state index in [2.05, 4.69) is 11.6 Å². The minimum absolute atomic E-state index is 0.00911. The van der Waals surface area contributed by atoms with E-state index >= 15 is 0 Å². The molecule has 2 aromatic rings. The molecule has 32 heavy (non-hydrogen) atoms. The van der Waals surface area contributed by atoms with Gasteiger partial charge in [-0.2, -0.15) is 0 Å². The van der Waals surface area contributed by atoms with Crippen LogP contribution in [0.2, 0.25) is 0 Å². The smallest absolute Gasteiger partial charge is 0.283 e. The lowest BCUT2D eigenvalue weighted by Gasteiger charge is -2.31. The van der Waals surface area contributed by atoms with Crippen molar-refractivity contribution in [2.75, 3.05) is 6.61 Å². The third-order valence-electron chi connectivity index (χ3n) is 5.64. The fraction of sp³-hybridized carbons (Fsp3) is 0.333. The molecular formula is C24H25F3N2O3. The number of hydrogen-bond acceptors (Lipinski definition) is 5. The number of para-hydroxylation sites is 1. The number of halogens is 3. The number of alkyl halides is 2. The number of amidine groups is 1. The van der Waals surface area contributed by atoms with Crippen molar-refractivity contribution in [2.24, 2.45) is 16.6 Å². The van der Waals surface area contributed by atoms with Gasteiger partial charge in [-0.3, -0.25) is 4.79 Å². The first-order valence-corrected chi connectivity index (χ1v) is 10.1. The third kappa shape index (κ3) is 4.79. The van der Waals surface area contributed by atoms with Crippen molar-refractivity contribution in [2.45, 2.75) is 38.3 Å². The second-order valence-electron chi connectivity index (χ2n) is 7.88. The Labute approximate surface area is 184 Å². The van der Waals surface area contributed by atoms with Gasteiger partial charge >= 0.3 is 0 Å². The van der Waals surface area contributed by atoms with E-state index in [1.54, 1.807) is 38.1 Å². The van der Waals surface area contributed by atoms with Gasteiger partial charge in [-0.05, 0) is 49.1 Å². The molecule has 1 heterocycles. The van der Waals surface area contributed by atoms with Crippen molar-refractivity contribution >= 4 is 17.4 Å². The molecule has 0 amide bonds. The van der Waals surface area contributed by atoms with Crippen molar-refractivity contribution in [1.29, 1.82) is 0 Å². The number of hydrogen-bond donors (Lipinski definition) is 1. The van der Waals surface area contributed by atoms with E-state index in [0.717, 1.165) is 6.07 Å². The second kappa shape index (κ2) is 9.46. The van der Waals surface area contributed by atoms with Crippen LogP contribution in [0.4, 0.5) is 13.2 Å². The lowest BCUT2D eigenvalue weighted by Crippen LogP contribution is -2.37. The van der Waals surface area contributed by atoms with Gasteiger partial charge in [-0.1, -0.05) is 37.8 Å². The first kappa shape index (κ1) is 23.4. The van der Waals surface area contributed by atoms with Gasteiger partial charge in [0.1, 0.15) is 17.7 Å². The van der Waals surface area contributed by atoms with Crippen LogP contribution in [0.25, 0.3) is 5.57 Å². The van der Waals surface area contributed by atoms with Gasteiger partial charge in [-0.15, -0.1) is 0 Å². The number of Topliss-reactive ketones (excluding diaryl/α,β-unsaturated/α-hetero) is 1. The van der Waals surface area contributed by atoms with Crippen LogP contribution in [-0.2, 0) is 15.1 Å². The van der Waals surface area contributed by atoms with E-state index in [0.29, 0.717) is 5.75 Å². The van der Waals surface area contributed by atoms with E-state index < -0.39 is 35.7 Å². The van der Waals surface area contributed by atoms with Crippen LogP contribution < -0.4 is 10.5 Å². The fourth-order valence-corrected chi connectivity index (χ4v) is 3.62. The first-order valence-electron chi connectivity index (χ1n) is 10.1. The molecule has 0 aliphatic carbocycles. The molecular weight excluding hydrogens is 421 g/mol. The van der Waals surface area contributed by atoms with Gasteiger partial charge in [-0.25, -0.2) is 18.2 Å². The highest BCUT2D eigenvalue weighted by Gasteiger charge is 2.48. The minimum Gasteiger partial charge on any atom is -0.485 e. The normalized spacial score (nSPS) is 23.1. The zero-order valence-electron chi connectivity index (χ0n) is 17.9. The van der Waals surface area contributed by atoms with Gasteiger partial charge < -0.3 is 15.2 Å². The average molecular weight is 446 g/mol. The number of rotatable bonds is 7. The number of nitrogens with zero attached hydrogens (tertiary/aromatic N) is 1. The second-order valence-corrected chi connectivity index (χ2v) is 7.88. The maximum Gasteiger partial charge on any atom is 0.283 e. The van der Waals surface area contributed by atoms with Gasteiger partial charge in [0.05, 0.1) is 0 Å². The quantitative estimate of drug-likeness (QED) is 0.626. The number of carbonyl (C=O) groups excluding carboxylic acids is 1. The van der Waals surface area contributed by atoms with Crippen molar-refractivity contribution < 1.29 is 27.4 Å². The lowest BCUT2D eigenvalue weighted by molar-refractivity contribution is -0.115. The number of carbonyl (C=O) groups is 1. The summed E-state index contributed by atoms with van der Waals surface area (Å²) in [6, 6.07) is 11.8. The standard InChI is InChI=1S/C24H25F3N2O3/c1-14-12-24(22(26)27,29-23(28)32-16(14)3)19-11-17(9-10-20(19)25)15(2)21(30)13-31-18-7-5-4-6-8-18/h4-11,14,16,22H,2,12-13H2,1,3H3,(H2,28,29). The summed E-state index contributed by atoms with van der Waals surface area (Å²) in [5.74, 6) is -1.24. The number of nitrogens with two attached hydrogens (primary N) is 1. The Balaban J connectivity index is 1.93. The molecule has 0 bridgehead atoms. The van der Waals surface area contributed by atoms with Crippen LogP contribution >= 0.6 is 0 Å². The van der Waals surface area contributed by atoms with Crippen molar-refractivity contribution in [3.05, 3.63) is 72.1 Å². The number of benzene rings is 2. The van der Waals surface area contributed by atoms with E-state index in [-0.39, 0.29) is 35.6 Å². The van der Waals surface area contributed by atoms with Crippen LogP contribution in [0.3, 0.4) is 0 Å². The minimum atomic E-state index is -3.06. The summed E-state index contributed by atoms with van der Waals surface area (Å²) in [6.45, 7) is 6.85. The Morgan fingerprint density at radius 1 is 1.28 bits per heavy atom. The van der Waals surface area contributed by atoms with E-state index in [9.17, 15) is 18.0 Å². The fourth-order valence-electron chi connectivity index (χ4n) is 3.62. The molecule has 0 spiro atoms. The Morgan fingerprint density at radius 2 is 1.97 bits per heavy atom. The number of ketones is 1. The predicted octanol–water partition coefficient (Wildman–Crippen LogP) is 4.71. The molecule has 2 aromatic carbocycles. The van der Waals surface area contributed by atoms with Crippen LogP contribution in [0.1, 0.15) is 31.4 Å². The molecule has 3 rings (SSSR count). The average Bonchev–Trinajstić information content (AvgIpc) is 2.88. The highest BCUT2D eigenvalue weighted by Crippen LogP contribution is 2.43. The monoisotopic (exact) mass is 446 g/mol. The molecule has 1 aliphatic rings. The molecule has 170 valence electrons. The molecule has 0 aromatic heterocycles. The van der Waals surface area contributed by atoms with Crippen molar-refractivity contribution in [3.63, 3.8) is 0 Å². The molecule has 5 nitrogen and oxygen atoms in total. The maximum atomic E-state index is 14.9. The van der Waals surface area contributed by atoms with Crippen LogP contribution in [0, 0.1) is 11.7 Å². The van der Waals surface area contributed by atoms with Gasteiger partial charge in [0.2, 0.25) is 0 Å². The molecule has 1 aliphatic heterocycles. The van der Waals surface area contributed by atoms with Crippen LogP contribution in [-0.4, -0.2) is 30.9 Å². The zero-order valence-corrected chi connectivity index (χ0v) is 17.9. The molecule has 3 unspecified atom stereocenters. The topological polar surface area (TPSA) is 73.9 Å². The van der Waals surface area contributed by atoms with Gasteiger partial charge in [0.15, 0.2) is 17.9 Å². The van der Waals surface area contributed by atoms with Gasteiger partial charge in [0.25, 0.3) is 12.4 Å². The summed E-state index contributed by atoms with van der Waals surface area (Å²) in [5, 5.41) is 0. The number of aliphatic imine (C=N–C) groups is 1. The molecule has 0 radical (unpaired) electrons. The van der Waals surface area contributed by atoms with E-state index in [1.165, 1.54) is 12.1 Å². The van der Waals surface area contributed by atoms with Crippen LogP contribution in [0.5, 0.6) is 5.75 Å². The predicted molar refractivity (Wildman–Crippen MR) is 116 cm³/mol. The summed E-state index contributed by atoms with van der Waals surface area (Å²) in [4.78, 5) is 16.5. The Kier molecular flexibility index (Phi) is 6.91. The summed E-state index contributed by atoms with van der Waals surface area (Å²) in [5.41, 5.74) is 3.30. The van der Waals surface area contributed by atoms with Gasteiger partial charge in [0, 0.05) is 11.1 Å². The Morgan fingerprint density at radius 3 is 2.62 bits per heavy atom. The zero-order chi connectivity index (χ0) is 23.5. The molecule has 8 heteroatoms. The molecule has 0 saturated heterocycles. The number of ether oxygens (including phenoxy) is 2. The Hall–Kier alpha value is -3.29. The third-order valence-corrected chi connectivity index (χ3v) is 5.64. The highest BCUT2D eigenvalue weighted by molar-refractivity contribution is 6.20. The molecule has 2 N–H and O–H groups in total. The molecule has 0 fully saturated rings. The summed E-state index contributed by atoms with van der Waals surface area (Å²) in [7, 11) is 0. The summed E-state index contributed by atoms with van der Waals surface area (Å²) >= 11 is 0. The van der Waals surface area contributed by atoms with Crippen molar-refractivity contribution in [1.82, 2.24) is 0 Å². The lowest BCUT2D eigenvalue weighted by atomic mass is 9.80. The molecule has 3 atom stereocenters.